The Kier molecular flexibility index (Phi) is 10.3. The summed E-state index contributed by atoms with van der Waals surface area (Å²) in [4.78, 5) is 32.4. The summed E-state index contributed by atoms with van der Waals surface area (Å²) in [5, 5.41) is 1.16. The molecule has 0 N–H and O–H groups in total. The molecule has 2 heterocycles. The van der Waals surface area contributed by atoms with Gasteiger partial charge in [-0.25, -0.2) is 9.79 Å². The lowest BCUT2D eigenvalue weighted by Gasteiger charge is -2.24. The normalized spacial score (nSPS) is 14.5. The minimum Gasteiger partial charge on any atom is -0.490 e. The lowest BCUT2D eigenvalue weighted by Crippen LogP contribution is -2.39. The van der Waals surface area contributed by atoms with Crippen LogP contribution < -0.4 is 24.4 Å². The van der Waals surface area contributed by atoms with Crippen LogP contribution in [0.1, 0.15) is 49.1 Å². The van der Waals surface area contributed by atoms with Crippen molar-refractivity contribution in [3.63, 3.8) is 0 Å². The number of halogens is 2. The number of ether oxygens (including phenoxy) is 3. The Morgan fingerprint density at radius 2 is 1.80 bits per heavy atom. The van der Waals surface area contributed by atoms with E-state index in [0.717, 1.165) is 22.3 Å². The molecule has 45 heavy (non-hydrogen) atoms. The fraction of sp³-hybridized carbons (Fsp3) is 0.229. The predicted molar refractivity (Wildman–Crippen MR) is 179 cm³/mol. The Labute approximate surface area is 275 Å². The van der Waals surface area contributed by atoms with Crippen LogP contribution in [0, 0.1) is 0 Å². The van der Waals surface area contributed by atoms with Crippen molar-refractivity contribution >= 4 is 46.6 Å². The SMILES string of the molecule is C=CCc1cc(/C=c2/sc3n(c2=O)[C@@H](c2ccc(Cl)cc2)C(C(=O)OCC)=C(C)N=3)cc(OCC)c1OCc1ccccc1Cl. The van der Waals surface area contributed by atoms with Crippen LogP contribution in [-0.2, 0) is 22.6 Å². The number of carbonyl (C=O) groups is 1. The lowest BCUT2D eigenvalue weighted by molar-refractivity contribution is -0.139. The van der Waals surface area contributed by atoms with Crippen LogP contribution in [0.25, 0.3) is 6.08 Å². The standard InChI is InChI=1S/C35H32Cl2N2O5S/c1-5-10-24-17-22(18-28(42-6-2)32(24)44-20-25-11-8-9-12-27(25)37)19-29-33(40)39-31(23-13-15-26(36)16-14-23)30(34(41)43-7-3)21(4)38-35(39)45-29/h5,8-9,11-19,31H,1,6-7,10,20H2,2-4H3/b29-19+/t31-/m0/s1. The van der Waals surface area contributed by atoms with Gasteiger partial charge < -0.3 is 14.2 Å². The lowest BCUT2D eigenvalue weighted by atomic mass is 9.96. The molecule has 0 bridgehead atoms. The highest BCUT2D eigenvalue weighted by Crippen LogP contribution is 2.36. The van der Waals surface area contributed by atoms with Crippen molar-refractivity contribution in [3.05, 3.63) is 137 Å². The third-order valence-corrected chi connectivity index (χ3v) is 8.75. The third kappa shape index (κ3) is 6.93. The maximum absolute atomic E-state index is 14.1. The Hall–Kier alpha value is -4.11. The van der Waals surface area contributed by atoms with E-state index < -0.39 is 12.0 Å². The summed E-state index contributed by atoms with van der Waals surface area (Å²) in [7, 11) is 0. The van der Waals surface area contributed by atoms with E-state index in [4.69, 9.17) is 37.4 Å². The number of rotatable bonds is 11. The van der Waals surface area contributed by atoms with Gasteiger partial charge in [-0.2, -0.15) is 0 Å². The van der Waals surface area contributed by atoms with Crippen LogP contribution in [0.4, 0.5) is 0 Å². The van der Waals surface area contributed by atoms with E-state index >= 15 is 0 Å². The van der Waals surface area contributed by atoms with Crippen LogP contribution in [0.2, 0.25) is 10.0 Å². The summed E-state index contributed by atoms with van der Waals surface area (Å²) in [5.41, 5.74) is 3.69. The Morgan fingerprint density at radius 1 is 1.04 bits per heavy atom. The Bertz CT molecular complexity index is 1960. The average molecular weight is 664 g/mol. The van der Waals surface area contributed by atoms with Crippen molar-refractivity contribution in [2.75, 3.05) is 13.2 Å². The molecule has 5 rings (SSSR count). The second kappa shape index (κ2) is 14.3. The summed E-state index contributed by atoms with van der Waals surface area (Å²) in [6, 6.07) is 17.7. The molecule has 1 aromatic heterocycles. The predicted octanol–water partition coefficient (Wildman–Crippen LogP) is 6.81. The highest BCUT2D eigenvalue weighted by molar-refractivity contribution is 7.07. The number of carbonyl (C=O) groups excluding carboxylic acids is 1. The second-order valence-corrected chi connectivity index (χ2v) is 12.0. The summed E-state index contributed by atoms with van der Waals surface area (Å²) >= 11 is 13.8. The van der Waals surface area contributed by atoms with Crippen LogP contribution in [-0.4, -0.2) is 23.8 Å². The number of aromatic nitrogens is 1. The van der Waals surface area contributed by atoms with Gasteiger partial charge in [0.25, 0.3) is 5.56 Å². The van der Waals surface area contributed by atoms with Crippen LogP contribution in [0.15, 0.2) is 94.4 Å². The van der Waals surface area contributed by atoms with E-state index in [2.05, 4.69) is 11.6 Å². The van der Waals surface area contributed by atoms with Crippen molar-refractivity contribution in [1.29, 1.82) is 0 Å². The van der Waals surface area contributed by atoms with Crippen molar-refractivity contribution in [1.82, 2.24) is 4.57 Å². The Balaban J connectivity index is 1.63. The minimum absolute atomic E-state index is 0.195. The van der Waals surface area contributed by atoms with Gasteiger partial charge in [-0.15, -0.1) is 6.58 Å². The molecule has 0 radical (unpaired) electrons. The second-order valence-electron chi connectivity index (χ2n) is 10.2. The fourth-order valence-electron chi connectivity index (χ4n) is 5.17. The van der Waals surface area contributed by atoms with Crippen molar-refractivity contribution < 1.29 is 19.0 Å². The molecule has 0 aliphatic carbocycles. The quantitative estimate of drug-likeness (QED) is 0.130. The van der Waals surface area contributed by atoms with Gasteiger partial charge in [0.2, 0.25) is 0 Å². The van der Waals surface area contributed by atoms with E-state index in [1.165, 1.54) is 11.3 Å². The molecule has 3 aromatic carbocycles. The molecule has 0 spiro atoms. The summed E-state index contributed by atoms with van der Waals surface area (Å²) in [5.74, 6) is 0.617. The molecule has 1 aliphatic rings. The molecular formula is C35H32Cl2N2O5S. The van der Waals surface area contributed by atoms with Crippen LogP contribution in [0.5, 0.6) is 11.5 Å². The maximum Gasteiger partial charge on any atom is 0.338 e. The number of hydrogen-bond acceptors (Lipinski definition) is 7. The summed E-state index contributed by atoms with van der Waals surface area (Å²) in [6.45, 7) is 10.2. The summed E-state index contributed by atoms with van der Waals surface area (Å²) < 4.78 is 19.7. The first-order valence-corrected chi connectivity index (χ1v) is 16.0. The molecule has 0 unspecified atom stereocenters. The van der Waals surface area contributed by atoms with Gasteiger partial charge in [0, 0.05) is 21.2 Å². The number of esters is 1. The van der Waals surface area contributed by atoms with E-state index in [1.54, 1.807) is 54.8 Å². The highest BCUT2D eigenvalue weighted by Gasteiger charge is 2.33. The molecule has 1 aliphatic heterocycles. The van der Waals surface area contributed by atoms with Gasteiger partial charge in [-0.1, -0.05) is 70.9 Å². The highest BCUT2D eigenvalue weighted by atomic mass is 35.5. The molecule has 0 saturated carbocycles. The number of allylic oxidation sites excluding steroid dienone is 2. The average Bonchev–Trinajstić information content (AvgIpc) is 3.31. The molecule has 0 fully saturated rings. The largest absolute Gasteiger partial charge is 0.490 e. The molecule has 1 atom stereocenters. The van der Waals surface area contributed by atoms with Gasteiger partial charge in [-0.05, 0) is 74.7 Å². The first-order valence-electron chi connectivity index (χ1n) is 14.5. The van der Waals surface area contributed by atoms with Crippen LogP contribution >= 0.6 is 34.5 Å². The van der Waals surface area contributed by atoms with Gasteiger partial charge in [-0.3, -0.25) is 9.36 Å². The maximum atomic E-state index is 14.1. The molecular weight excluding hydrogens is 631 g/mol. The fourth-order valence-corrected chi connectivity index (χ4v) is 6.53. The molecule has 0 saturated heterocycles. The van der Waals surface area contributed by atoms with E-state index in [9.17, 15) is 9.59 Å². The molecule has 10 heteroatoms. The minimum atomic E-state index is -0.726. The first-order chi connectivity index (χ1) is 21.7. The van der Waals surface area contributed by atoms with Crippen LogP contribution in [0.3, 0.4) is 0 Å². The molecule has 0 amide bonds. The van der Waals surface area contributed by atoms with Gasteiger partial charge in [0.05, 0.1) is 35.1 Å². The first kappa shape index (κ1) is 32.3. The van der Waals surface area contributed by atoms with Crippen molar-refractivity contribution in [2.45, 2.75) is 39.8 Å². The topological polar surface area (TPSA) is 79.1 Å². The van der Waals surface area contributed by atoms with E-state index in [1.807, 2.05) is 43.3 Å². The zero-order valence-electron chi connectivity index (χ0n) is 25.1. The molecule has 232 valence electrons. The van der Waals surface area contributed by atoms with E-state index in [0.29, 0.717) is 55.2 Å². The van der Waals surface area contributed by atoms with Gasteiger partial charge in [0.15, 0.2) is 16.3 Å². The number of benzene rings is 3. The third-order valence-electron chi connectivity index (χ3n) is 7.15. The number of hydrogen-bond donors (Lipinski definition) is 0. The van der Waals surface area contributed by atoms with Crippen molar-refractivity contribution in [2.24, 2.45) is 4.99 Å². The number of thiazole rings is 1. The van der Waals surface area contributed by atoms with E-state index in [-0.39, 0.29) is 18.8 Å². The zero-order chi connectivity index (χ0) is 32.1. The molecule has 4 aromatic rings. The van der Waals surface area contributed by atoms with Crippen molar-refractivity contribution in [3.8, 4) is 11.5 Å². The molecule has 7 nitrogen and oxygen atoms in total. The van der Waals surface area contributed by atoms with Gasteiger partial charge >= 0.3 is 5.97 Å². The Morgan fingerprint density at radius 3 is 2.49 bits per heavy atom. The zero-order valence-corrected chi connectivity index (χ0v) is 27.5. The summed E-state index contributed by atoms with van der Waals surface area (Å²) in [6.07, 6.45) is 4.11. The number of fused-ring (bicyclic) bond motifs is 1. The smallest absolute Gasteiger partial charge is 0.338 e. The van der Waals surface area contributed by atoms with Gasteiger partial charge in [0.1, 0.15) is 6.61 Å². The number of nitrogens with zero attached hydrogens (tertiary/aromatic N) is 2. The monoisotopic (exact) mass is 662 g/mol.